The predicted octanol–water partition coefficient (Wildman–Crippen LogP) is 4.67. The van der Waals surface area contributed by atoms with Crippen molar-refractivity contribution in [2.45, 2.75) is 53.1 Å². The van der Waals surface area contributed by atoms with Crippen molar-refractivity contribution >= 4 is 40.2 Å². The molecule has 2 aromatic heterocycles. The molecule has 1 atom stereocenters. The van der Waals surface area contributed by atoms with Crippen LogP contribution in [0.1, 0.15) is 56.0 Å². The fourth-order valence-electron chi connectivity index (χ4n) is 4.07. The van der Waals surface area contributed by atoms with Crippen molar-refractivity contribution in [3.63, 3.8) is 0 Å². The molecule has 0 radical (unpaired) electrons. The lowest BCUT2D eigenvalue weighted by Gasteiger charge is -2.27. The molecule has 39 heavy (non-hydrogen) atoms. The summed E-state index contributed by atoms with van der Waals surface area (Å²) < 4.78 is 5.87. The van der Waals surface area contributed by atoms with Crippen molar-refractivity contribution < 1.29 is 14.6 Å². The SMILES string of the molecule is Cc1ccc(C(=O)NC(=N)/C=C(\O)C(C)(C)C)cc1Nc1ncnc2cnc(N(C)CC3CCCCO3)nc12. The van der Waals surface area contributed by atoms with E-state index in [9.17, 15) is 9.90 Å². The zero-order valence-corrected chi connectivity index (χ0v) is 23.1. The summed E-state index contributed by atoms with van der Waals surface area (Å²) in [6, 6.07) is 5.18. The molecular formula is C28H36N8O3. The Kier molecular flexibility index (Phi) is 8.39. The molecule has 3 heterocycles. The number of allylic oxidation sites excluding steroid dienone is 1. The highest BCUT2D eigenvalue weighted by molar-refractivity contribution is 6.09. The van der Waals surface area contributed by atoms with Gasteiger partial charge in [-0.05, 0) is 43.9 Å². The van der Waals surface area contributed by atoms with Gasteiger partial charge in [0.2, 0.25) is 5.95 Å². The second-order valence-electron chi connectivity index (χ2n) is 10.8. The number of ether oxygens (including phenoxy) is 1. The van der Waals surface area contributed by atoms with Gasteiger partial charge in [-0.2, -0.15) is 0 Å². The van der Waals surface area contributed by atoms with Gasteiger partial charge in [0.25, 0.3) is 5.91 Å². The van der Waals surface area contributed by atoms with E-state index in [4.69, 9.17) is 15.1 Å². The van der Waals surface area contributed by atoms with Crippen LogP contribution in [0.15, 0.2) is 42.6 Å². The maximum absolute atomic E-state index is 12.8. The molecule has 0 saturated carbocycles. The number of aryl methyl sites for hydroxylation is 1. The largest absolute Gasteiger partial charge is 0.512 e. The first-order chi connectivity index (χ1) is 18.5. The number of anilines is 3. The van der Waals surface area contributed by atoms with E-state index >= 15 is 0 Å². The molecule has 0 bridgehead atoms. The van der Waals surface area contributed by atoms with Gasteiger partial charge >= 0.3 is 0 Å². The van der Waals surface area contributed by atoms with E-state index in [0.717, 1.165) is 31.4 Å². The van der Waals surface area contributed by atoms with Crippen molar-refractivity contribution in [1.29, 1.82) is 5.41 Å². The predicted molar refractivity (Wildman–Crippen MR) is 152 cm³/mol. The van der Waals surface area contributed by atoms with Gasteiger partial charge in [0.15, 0.2) is 5.82 Å². The molecule has 1 unspecified atom stereocenters. The van der Waals surface area contributed by atoms with Crippen molar-refractivity contribution in [3.05, 3.63) is 53.7 Å². The molecule has 11 nitrogen and oxygen atoms in total. The maximum atomic E-state index is 12.8. The number of amides is 1. The fraction of sp³-hybridized carbons (Fsp3) is 0.429. The van der Waals surface area contributed by atoms with E-state index in [1.165, 1.54) is 12.4 Å². The first-order valence-corrected chi connectivity index (χ1v) is 13.0. The summed E-state index contributed by atoms with van der Waals surface area (Å²) in [7, 11) is 1.94. The molecule has 3 aromatic rings. The Morgan fingerprint density at radius 2 is 2.05 bits per heavy atom. The Bertz CT molecular complexity index is 1390. The van der Waals surface area contributed by atoms with Crippen molar-refractivity contribution in [2.75, 3.05) is 30.4 Å². The molecule has 1 saturated heterocycles. The second kappa shape index (κ2) is 11.7. The minimum atomic E-state index is -0.528. The van der Waals surface area contributed by atoms with Crippen LogP contribution in [0.3, 0.4) is 0 Å². The van der Waals surface area contributed by atoms with Gasteiger partial charge < -0.3 is 25.4 Å². The minimum absolute atomic E-state index is 0.00738. The molecule has 11 heteroatoms. The zero-order chi connectivity index (χ0) is 28.2. The number of benzene rings is 1. The van der Waals surface area contributed by atoms with E-state index < -0.39 is 11.3 Å². The van der Waals surface area contributed by atoms with Gasteiger partial charge in [0.1, 0.15) is 29.0 Å². The number of nitrogens with zero attached hydrogens (tertiary/aromatic N) is 5. The summed E-state index contributed by atoms with van der Waals surface area (Å²) in [4.78, 5) is 32.8. The number of hydrogen-bond donors (Lipinski definition) is 4. The highest BCUT2D eigenvalue weighted by Gasteiger charge is 2.20. The number of fused-ring (bicyclic) bond motifs is 1. The average molecular weight is 533 g/mol. The van der Waals surface area contributed by atoms with Gasteiger partial charge in [-0.3, -0.25) is 10.2 Å². The summed E-state index contributed by atoms with van der Waals surface area (Å²) in [6.07, 6.45) is 7.78. The van der Waals surface area contributed by atoms with Crippen LogP contribution >= 0.6 is 0 Å². The average Bonchev–Trinajstić information content (AvgIpc) is 2.89. The molecule has 1 fully saturated rings. The molecule has 0 aliphatic carbocycles. The quantitative estimate of drug-likeness (QED) is 0.193. The molecule has 1 aliphatic rings. The number of rotatable bonds is 7. The third kappa shape index (κ3) is 7.05. The smallest absolute Gasteiger partial charge is 0.256 e. The Morgan fingerprint density at radius 1 is 1.26 bits per heavy atom. The monoisotopic (exact) mass is 532 g/mol. The summed E-state index contributed by atoms with van der Waals surface area (Å²) in [5, 5.41) is 24.0. The first-order valence-electron chi connectivity index (χ1n) is 13.0. The third-order valence-corrected chi connectivity index (χ3v) is 6.51. The Hall–Kier alpha value is -4.12. The van der Waals surface area contributed by atoms with Gasteiger partial charge in [0.05, 0.1) is 12.3 Å². The topological polar surface area (TPSA) is 149 Å². The molecule has 206 valence electrons. The molecule has 0 spiro atoms. The number of aromatic nitrogens is 4. The maximum Gasteiger partial charge on any atom is 0.256 e. The summed E-state index contributed by atoms with van der Waals surface area (Å²) in [5.41, 5.74) is 2.50. The highest BCUT2D eigenvalue weighted by Crippen LogP contribution is 2.26. The summed E-state index contributed by atoms with van der Waals surface area (Å²) in [6.45, 7) is 8.85. The third-order valence-electron chi connectivity index (χ3n) is 6.51. The lowest BCUT2D eigenvalue weighted by molar-refractivity contribution is 0.0214. The lowest BCUT2D eigenvalue weighted by Crippen LogP contribution is -2.34. The van der Waals surface area contributed by atoms with Crippen molar-refractivity contribution in [1.82, 2.24) is 25.3 Å². The molecular weight excluding hydrogens is 496 g/mol. The summed E-state index contributed by atoms with van der Waals surface area (Å²) in [5.74, 6) is 0.371. The standard InChI is InChI=1S/C28H36N8O3/c1-17-9-10-18(26(38)34-23(29)13-22(37)28(2,3)4)12-20(17)33-25-24-21(31-16-32-25)14-30-27(35-24)36(5)15-19-8-6-7-11-39-19/h9-10,12-14,16,19,37H,6-8,11,15H2,1-5H3,(H2,29,34,38)(H,31,32,33)/b22-13-. The Morgan fingerprint density at radius 3 is 2.77 bits per heavy atom. The molecule has 1 aliphatic heterocycles. The molecule has 1 amide bonds. The van der Waals surface area contributed by atoms with Crippen LogP contribution in [0.2, 0.25) is 0 Å². The zero-order valence-electron chi connectivity index (χ0n) is 23.1. The van der Waals surface area contributed by atoms with Crippen LogP contribution in [-0.4, -0.2) is 63.1 Å². The van der Waals surface area contributed by atoms with E-state index in [2.05, 4.69) is 25.6 Å². The van der Waals surface area contributed by atoms with E-state index in [0.29, 0.717) is 40.6 Å². The highest BCUT2D eigenvalue weighted by atomic mass is 16.5. The number of carbonyl (C=O) groups excluding carboxylic acids is 1. The van der Waals surface area contributed by atoms with Crippen LogP contribution < -0.4 is 15.5 Å². The normalized spacial score (nSPS) is 16.1. The van der Waals surface area contributed by atoms with E-state index in [1.807, 2.05) is 45.7 Å². The molecule has 4 rings (SSSR count). The van der Waals surface area contributed by atoms with Crippen LogP contribution in [0.5, 0.6) is 0 Å². The number of aliphatic hydroxyl groups is 1. The van der Waals surface area contributed by atoms with E-state index in [-0.39, 0.29) is 17.7 Å². The van der Waals surface area contributed by atoms with Crippen LogP contribution in [0.4, 0.5) is 17.5 Å². The van der Waals surface area contributed by atoms with E-state index in [1.54, 1.807) is 18.3 Å². The first kappa shape index (κ1) is 27.9. The second-order valence-corrected chi connectivity index (χ2v) is 10.8. The number of amidine groups is 1. The minimum Gasteiger partial charge on any atom is -0.512 e. The number of likely N-dealkylation sites (N-methyl/N-ethyl adjacent to an activating group) is 1. The van der Waals surface area contributed by atoms with Crippen LogP contribution in [0.25, 0.3) is 11.0 Å². The Balaban J connectivity index is 1.54. The van der Waals surface area contributed by atoms with Gasteiger partial charge in [-0.25, -0.2) is 19.9 Å². The van der Waals surface area contributed by atoms with Crippen LogP contribution in [-0.2, 0) is 4.74 Å². The van der Waals surface area contributed by atoms with Crippen LogP contribution in [0, 0.1) is 17.7 Å². The summed E-state index contributed by atoms with van der Waals surface area (Å²) >= 11 is 0. The van der Waals surface area contributed by atoms with Gasteiger partial charge in [0, 0.05) is 42.9 Å². The molecule has 1 aromatic carbocycles. The molecule has 4 N–H and O–H groups in total. The fourth-order valence-corrected chi connectivity index (χ4v) is 4.07. The lowest BCUT2D eigenvalue weighted by atomic mass is 9.93. The van der Waals surface area contributed by atoms with Gasteiger partial charge in [-0.15, -0.1) is 0 Å². The van der Waals surface area contributed by atoms with Crippen molar-refractivity contribution in [3.8, 4) is 0 Å². The van der Waals surface area contributed by atoms with Crippen molar-refractivity contribution in [2.24, 2.45) is 5.41 Å². The number of hydrogen-bond acceptors (Lipinski definition) is 10. The number of aliphatic hydroxyl groups excluding tert-OH is 1. The van der Waals surface area contributed by atoms with Gasteiger partial charge in [-0.1, -0.05) is 26.8 Å². The Labute approximate surface area is 228 Å². The number of carbonyl (C=O) groups is 1. The number of nitrogens with one attached hydrogen (secondary N) is 3.